The molecule has 3 aromatic rings. The fourth-order valence-corrected chi connectivity index (χ4v) is 2.37. The summed E-state index contributed by atoms with van der Waals surface area (Å²) in [5, 5.41) is 7.26. The second kappa shape index (κ2) is 6.72. The lowest BCUT2D eigenvalue weighted by Crippen LogP contribution is -2.21. The molecule has 0 N–H and O–H groups in total. The molecule has 0 saturated heterocycles. The lowest BCUT2D eigenvalue weighted by Gasteiger charge is -2.14. The number of benzene rings is 1. The van der Waals surface area contributed by atoms with E-state index < -0.39 is 11.9 Å². The van der Waals surface area contributed by atoms with Gasteiger partial charge < -0.3 is 9.47 Å². The second-order valence-electron chi connectivity index (χ2n) is 5.67. The molecule has 0 amide bonds. The highest BCUT2D eigenvalue weighted by molar-refractivity contribution is 5.60. The van der Waals surface area contributed by atoms with Crippen molar-refractivity contribution in [2.75, 3.05) is 6.61 Å². The summed E-state index contributed by atoms with van der Waals surface area (Å²) in [5.41, 5.74) is 1.49. The van der Waals surface area contributed by atoms with Crippen molar-refractivity contribution in [2.45, 2.75) is 33.0 Å². The average Bonchev–Trinajstić information content (AvgIpc) is 2.99. The van der Waals surface area contributed by atoms with Crippen molar-refractivity contribution in [1.82, 2.24) is 19.6 Å². The Bertz CT molecular complexity index is 863. The Labute approximate surface area is 143 Å². The standard InChI is InChI=1S/C17H18F2N4O2/c1-4-24-17(18,19)16-22-21-15-9-20-14(10-23(15)16)12-5-7-13(8-6-12)25-11(2)3/h5-11H,4H2,1-3H3. The maximum Gasteiger partial charge on any atom is 0.418 e. The zero-order valence-electron chi connectivity index (χ0n) is 14.1. The van der Waals surface area contributed by atoms with Crippen LogP contribution in [0.3, 0.4) is 0 Å². The van der Waals surface area contributed by atoms with E-state index in [-0.39, 0.29) is 18.4 Å². The molecule has 132 valence electrons. The van der Waals surface area contributed by atoms with Crippen molar-refractivity contribution < 1.29 is 18.3 Å². The largest absolute Gasteiger partial charge is 0.491 e. The van der Waals surface area contributed by atoms with E-state index in [9.17, 15) is 8.78 Å². The van der Waals surface area contributed by atoms with Crippen LogP contribution >= 0.6 is 0 Å². The maximum atomic E-state index is 14.0. The van der Waals surface area contributed by atoms with Crippen molar-refractivity contribution in [3.8, 4) is 17.0 Å². The summed E-state index contributed by atoms with van der Waals surface area (Å²) in [6.07, 6.45) is -0.593. The number of hydrogen-bond donors (Lipinski definition) is 0. The van der Waals surface area contributed by atoms with Gasteiger partial charge in [0.15, 0.2) is 5.65 Å². The summed E-state index contributed by atoms with van der Waals surface area (Å²) in [6, 6.07) is 7.25. The van der Waals surface area contributed by atoms with Gasteiger partial charge in [0, 0.05) is 11.8 Å². The molecule has 6 nitrogen and oxygen atoms in total. The summed E-state index contributed by atoms with van der Waals surface area (Å²) in [4.78, 5) is 4.26. The van der Waals surface area contributed by atoms with Crippen LogP contribution in [0, 0.1) is 0 Å². The van der Waals surface area contributed by atoms with E-state index in [4.69, 9.17) is 4.74 Å². The van der Waals surface area contributed by atoms with Crippen LogP contribution in [0.4, 0.5) is 8.78 Å². The molecule has 8 heteroatoms. The molecular weight excluding hydrogens is 330 g/mol. The molecule has 0 radical (unpaired) electrons. The summed E-state index contributed by atoms with van der Waals surface area (Å²) >= 11 is 0. The lowest BCUT2D eigenvalue weighted by molar-refractivity contribution is -0.251. The molecule has 0 atom stereocenters. The van der Waals surface area contributed by atoms with Crippen LogP contribution in [0.5, 0.6) is 5.75 Å². The van der Waals surface area contributed by atoms with Gasteiger partial charge in [-0.15, -0.1) is 10.2 Å². The van der Waals surface area contributed by atoms with Gasteiger partial charge in [-0.25, -0.2) is 0 Å². The number of aromatic nitrogens is 4. The Morgan fingerprint density at radius 3 is 2.52 bits per heavy atom. The highest BCUT2D eigenvalue weighted by Gasteiger charge is 2.38. The first-order valence-electron chi connectivity index (χ1n) is 7.91. The zero-order chi connectivity index (χ0) is 18.0. The van der Waals surface area contributed by atoms with Gasteiger partial charge >= 0.3 is 6.11 Å². The average molecular weight is 348 g/mol. The Hall–Kier alpha value is -2.61. The Balaban J connectivity index is 1.98. The number of alkyl halides is 2. The number of ether oxygens (including phenoxy) is 2. The number of rotatable bonds is 6. The molecule has 3 rings (SSSR count). The Morgan fingerprint density at radius 1 is 1.16 bits per heavy atom. The van der Waals surface area contributed by atoms with E-state index in [1.165, 1.54) is 23.7 Å². The summed E-state index contributed by atoms with van der Waals surface area (Å²) in [5.74, 6) is 0.153. The first-order chi connectivity index (χ1) is 11.9. The van der Waals surface area contributed by atoms with E-state index in [0.29, 0.717) is 5.69 Å². The molecule has 2 aromatic heterocycles. The van der Waals surface area contributed by atoms with E-state index in [1.807, 2.05) is 38.1 Å². The summed E-state index contributed by atoms with van der Waals surface area (Å²) in [6.45, 7) is 5.23. The summed E-state index contributed by atoms with van der Waals surface area (Å²) < 4.78 is 39.4. The molecule has 0 saturated carbocycles. The van der Waals surface area contributed by atoms with Gasteiger partial charge in [0.1, 0.15) is 5.75 Å². The molecule has 1 aromatic carbocycles. The Morgan fingerprint density at radius 2 is 1.88 bits per heavy atom. The van der Waals surface area contributed by atoms with E-state index in [0.717, 1.165) is 11.3 Å². The topological polar surface area (TPSA) is 61.5 Å². The third kappa shape index (κ3) is 3.58. The van der Waals surface area contributed by atoms with Crippen LogP contribution in [-0.4, -0.2) is 32.3 Å². The zero-order valence-corrected chi connectivity index (χ0v) is 14.1. The molecule has 0 aliphatic heterocycles. The van der Waals surface area contributed by atoms with Gasteiger partial charge in [-0.3, -0.25) is 9.38 Å². The number of halogens is 2. The van der Waals surface area contributed by atoms with Crippen LogP contribution in [0.2, 0.25) is 0 Å². The van der Waals surface area contributed by atoms with E-state index in [2.05, 4.69) is 19.9 Å². The predicted octanol–water partition coefficient (Wildman–Crippen LogP) is 3.66. The first-order valence-corrected chi connectivity index (χ1v) is 7.91. The van der Waals surface area contributed by atoms with Gasteiger partial charge in [-0.1, -0.05) is 0 Å². The van der Waals surface area contributed by atoms with Crippen molar-refractivity contribution in [2.24, 2.45) is 0 Å². The maximum absolute atomic E-state index is 14.0. The molecule has 2 heterocycles. The normalized spacial score (nSPS) is 12.1. The van der Waals surface area contributed by atoms with Crippen molar-refractivity contribution in [3.63, 3.8) is 0 Å². The fourth-order valence-electron chi connectivity index (χ4n) is 2.37. The molecule has 25 heavy (non-hydrogen) atoms. The minimum Gasteiger partial charge on any atom is -0.491 e. The van der Waals surface area contributed by atoms with E-state index >= 15 is 0 Å². The number of fused-ring (bicyclic) bond motifs is 1. The van der Waals surface area contributed by atoms with Crippen LogP contribution in [0.25, 0.3) is 16.9 Å². The minimum atomic E-state index is -3.53. The molecule has 0 bridgehead atoms. The van der Waals surface area contributed by atoms with Crippen LogP contribution in [0.1, 0.15) is 26.6 Å². The van der Waals surface area contributed by atoms with Gasteiger partial charge in [0.25, 0.3) is 0 Å². The lowest BCUT2D eigenvalue weighted by atomic mass is 10.1. The quantitative estimate of drug-likeness (QED) is 0.680. The van der Waals surface area contributed by atoms with Crippen LogP contribution in [0.15, 0.2) is 36.7 Å². The van der Waals surface area contributed by atoms with E-state index in [1.54, 1.807) is 0 Å². The monoisotopic (exact) mass is 348 g/mol. The molecule has 0 spiro atoms. The van der Waals surface area contributed by atoms with Crippen molar-refractivity contribution >= 4 is 5.65 Å². The first kappa shape index (κ1) is 17.2. The second-order valence-corrected chi connectivity index (χ2v) is 5.67. The predicted molar refractivity (Wildman–Crippen MR) is 87.5 cm³/mol. The van der Waals surface area contributed by atoms with Gasteiger partial charge in [-0.2, -0.15) is 8.78 Å². The van der Waals surface area contributed by atoms with Gasteiger partial charge in [0.05, 0.1) is 24.6 Å². The van der Waals surface area contributed by atoms with Gasteiger partial charge in [-0.05, 0) is 45.0 Å². The highest BCUT2D eigenvalue weighted by Crippen LogP contribution is 2.29. The molecule has 0 aliphatic carbocycles. The van der Waals surface area contributed by atoms with Crippen LogP contribution in [-0.2, 0) is 10.8 Å². The molecule has 0 fully saturated rings. The summed E-state index contributed by atoms with van der Waals surface area (Å²) in [7, 11) is 0. The Kier molecular flexibility index (Phi) is 4.63. The van der Waals surface area contributed by atoms with Crippen molar-refractivity contribution in [3.05, 3.63) is 42.5 Å². The SMILES string of the molecule is CCOC(F)(F)c1nnc2cnc(-c3ccc(OC(C)C)cc3)cn12. The number of nitrogens with zero attached hydrogens (tertiary/aromatic N) is 4. The molecule has 0 aliphatic rings. The highest BCUT2D eigenvalue weighted by atomic mass is 19.3. The smallest absolute Gasteiger partial charge is 0.418 e. The van der Waals surface area contributed by atoms with Gasteiger partial charge in [0.2, 0.25) is 5.82 Å². The molecular formula is C17H18F2N4O2. The molecule has 0 unspecified atom stereocenters. The minimum absolute atomic E-state index is 0.0701. The number of hydrogen-bond acceptors (Lipinski definition) is 5. The third-order valence-electron chi connectivity index (χ3n) is 3.40. The third-order valence-corrected chi connectivity index (χ3v) is 3.40. The fraction of sp³-hybridized carbons (Fsp3) is 0.353. The van der Waals surface area contributed by atoms with Crippen LogP contribution < -0.4 is 4.74 Å². The van der Waals surface area contributed by atoms with Crippen molar-refractivity contribution in [1.29, 1.82) is 0 Å².